The molecule has 0 aliphatic carbocycles. The first kappa shape index (κ1) is 13.5. The Morgan fingerprint density at radius 1 is 1.05 bits per heavy atom. The lowest BCUT2D eigenvalue weighted by atomic mass is 10.2. The van der Waals surface area contributed by atoms with Crippen molar-refractivity contribution in [2.24, 2.45) is 7.05 Å². The number of aryl methyl sites for hydroxylation is 1. The third-order valence-electron chi connectivity index (χ3n) is 3.98. The maximum Gasteiger partial charge on any atom is 0.0426 e. The molecule has 0 saturated carbocycles. The van der Waals surface area contributed by atoms with Gasteiger partial charge in [-0.25, -0.2) is 0 Å². The van der Waals surface area contributed by atoms with Crippen molar-refractivity contribution in [3.8, 4) is 0 Å². The van der Waals surface area contributed by atoms with Crippen LogP contribution in [0, 0.1) is 0 Å². The summed E-state index contributed by atoms with van der Waals surface area (Å²) >= 11 is 6.07. The van der Waals surface area contributed by atoms with Gasteiger partial charge in [-0.05, 0) is 30.3 Å². The van der Waals surface area contributed by atoms with E-state index in [1.165, 1.54) is 11.4 Å². The number of nitrogens with zero attached hydrogens (tertiary/aromatic N) is 3. The highest BCUT2D eigenvalue weighted by molar-refractivity contribution is 6.30. The highest BCUT2D eigenvalue weighted by atomic mass is 35.5. The predicted molar refractivity (Wildman–Crippen MR) is 84.4 cm³/mol. The van der Waals surface area contributed by atoms with Crippen LogP contribution in [0.25, 0.3) is 0 Å². The Labute approximate surface area is 125 Å². The van der Waals surface area contributed by atoms with Gasteiger partial charge in [-0.2, -0.15) is 0 Å². The van der Waals surface area contributed by atoms with Crippen molar-refractivity contribution >= 4 is 17.3 Å². The van der Waals surface area contributed by atoms with Gasteiger partial charge < -0.3 is 9.47 Å². The number of aromatic nitrogens is 1. The summed E-state index contributed by atoms with van der Waals surface area (Å²) in [5, 5.41) is 0.814. The van der Waals surface area contributed by atoms with Crippen LogP contribution < -0.4 is 4.90 Å². The normalized spacial score (nSPS) is 16.6. The quantitative estimate of drug-likeness (QED) is 0.861. The number of hydrogen-bond donors (Lipinski definition) is 0. The zero-order valence-corrected chi connectivity index (χ0v) is 12.6. The van der Waals surface area contributed by atoms with Gasteiger partial charge in [-0.3, -0.25) is 4.90 Å². The Balaban J connectivity index is 1.58. The minimum absolute atomic E-state index is 0.814. The van der Waals surface area contributed by atoms with Crippen LogP contribution in [0.1, 0.15) is 5.69 Å². The largest absolute Gasteiger partial charge is 0.369 e. The van der Waals surface area contributed by atoms with Crippen molar-refractivity contribution < 1.29 is 0 Å². The molecule has 2 heterocycles. The third-order valence-corrected chi connectivity index (χ3v) is 4.22. The number of anilines is 1. The van der Waals surface area contributed by atoms with Gasteiger partial charge in [0.2, 0.25) is 0 Å². The van der Waals surface area contributed by atoms with Gasteiger partial charge in [0.15, 0.2) is 0 Å². The van der Waals surface area contributed by atoms with Crippen molar-refractivity contribution in [1.29, 1.82) is 0 Å². The maximum absolute atomic E-state index is 6.07. The van der Waals surface area contributed by atoms with E-state index in [4.69, 9.17) is 11.6 Å². The summed E-state index contributed by atoms with van der Waals surface area (Å²) in [5.74, 6) is 0. The molecule has 0 unspecified atom stereocenters. The standard InChI is InChI=1S/C16H20ClN3/c1-18-7-3-6-16(18)13-19-8-10-20(11-9-19)15-5-2-4-14(17)12-15/h2-7,12H,8-11,13H2,1H3. The van der Waals surface area contributed by atoms with Gasteiger partial charge >= 0.3 is 0 Å². The zero-order valence-electron chi connectivity index (χ0n) is 11.8. The van der Waals surface area contributed by atoms with E-state index < -0.39 is 0 Å². The summed E-state index contributed by atoms with van der Waals surface area (Å²) in [5.41, 5.74) is 2.61. The number of hydrogen-bond acceptors (Lipinski definition) is 2. The van der Waals surface area contributed by atoms with Crippen molar-refractivity contribution in [2.45, 2.75) is 6.54 Å². The van der Waals surface area contributed by atoms with Crippen molar-refractivity contribution in [1.82, 2.24) is 9.47 Å². The average molecular weight is 290 g/mol. The van der Waals surface area contributed by atoms with Crippen LogP contribution in [0.3, 0.4) is 0 Å². The lowest BCUT2D eigenvalue weighted by Crippen LogP contribution is -2.46. The SMILES string of the molecule is Cn1cccc1CN1CCN(c2cccc(Cl)c2)CC1. The topological polar surface area (TPSA) is 11.4 Å². The lowest BCUT2D eigenvalue weighted by Gasteiger charge is -2.36. The summed E-state index contributed by atoms with van der Waals surface area (Å²) in [6, 6.07) is 12.4. The fraction of sp³-hybridized carbons (Fsp3) is 0.375. The molecule has 1 aliphatic heterocycles. The van der Waals surface area contributed by atoms with Crippen LogP contribution in [0.5, 0.6) is 0 Å². The predicted octanol–water partition coefficient (Wildman–Crippen LogP) is 3.00. The van der Waals surface area contributed by atoms with E-state index >= 15 is 0 Å². The van der Waals surface area contributed by atoms with Crippen LogP contribution in [-0.2, 0) is 13.6 Å². The molecule has 2 aromatic rings. The second-order valence-corrected chi connectivity index (χ2v) is 5.79. The van der Waals surface area contributed by atoms with E-state index in [9.17, 15) is 0 Å². The first-order valence-electron chi connectivity index (χ1n) is 7.05. The summed E-state index contributed by atoms with van der Waals surface area (Å²) in [6.45, 7) is 5.35. The van der Waals surface area contributed by atoms with Crippen LogP contribution in [0.15, 0.2) is 42.6 Å². The van der Waals surface area contributed by atoms with Crippen molar-refractivity contribution in [3.63, 3.8) is 0 Å². The Hall–Kier alpha value is -1.45. The molecule has 3 nitrogen and oxygen atoms in total. The van der Waals surface area contributed by atoms with Gasteiger partial charge in [0.1, 0.15) is 0 Å². The molecule has 106 valence electrons. The summed E-state index contributed by atoms with van der Waals surface area (Å²) in [7, 11) is 2.11. The summed E-state index contributed by atoms with van der Waals surface area (Å²) in [4.78, 5) is 4.92. The minimum atomic E-state index is 0.814. The maximum atomic E-state index is 6.07. The Kier molecular flexibility index (Phi) is 3.99. The van der Waals surface area contributed by atoms with Crippen LogP contribution in [0.4, 0.5) is 5.69 Å². The minimum Gasteiger partial charge on any atom is -0.369 e. The van der Waals surface area contributed by atoms with Crippen molar-refractivity contribution in [3.05, 3.63) is 53.3 Å². The van der Waals surface area contributed by atoms with E-state index in [-0.39, 0.29) is 0 Å². The Morgan fingerprint density at radius 3 is 2.50 bits per heavy atom. The number of rotatable bonds is 3. The third kappa shape index (κ3) is 3.00. The molecule has 1 saturated heterocycles. The van der Waals surface area contributed by atoms with Gasteiger partial charge in [0, 0.05) is 62.4 Å². The first-order chi connectivity index (χ1) is 9.72. The molecule has 1 aromatic heterocycles. The fourth-order valence-corrected chi connectivity index (χ4v) is 2.91. The lowest BCUT2D eigenvalue weighted by molar-refractivity contribution is 0.245. The molecule has 0 bridgehead atoms. The molecule has 20 heavy (non-hydrogen) atoms. The second-order valence-electron chi connectivity index (χ2n) is 5.35. The number of benzene rings is 1. The molecular formula is C16H20ClN3. The Morgan fingerprint density at radius 2 is 1.85 bits per heavy atom. The van der Waals surface area contributed by atoms with E-state index in [0.29, 0.717) is 0 Å². The summed E-state index contributed by atoms with van der Waals surface area (Å²) in [6.07, 6.45) is 2.11. The zero-order chi connectivity index (χ0) is 13.9. The van der Waals surface area contributed by atoms with Crippen molar-refractivity contribution in [2.75, 3.05) is 31.1 Å². The number of halogens is 1. The van der Waals surface area contributed by atoms with Crippen LogP contribution in [-0.4, -0.2) is 35.6 Å². The van der Waals surface area contributed by atoms with E-state index in [1.807, 2.05) is 12.1 Å². The van der Waals surface area contributed by atoms with E-state index in [1.54, 1.807) is 0 Å². The number of piperazine rings is 1. The van der Waals surface area contributed by atoms with Gasteiger partial charge in [0.05, 0.1) is 0 Å². The molecule has 0 amide bonds. The highest BCUT2D eigenvalue weighted by Gasteiger charge is 2.17. The van der Waals surface area contributed by atoms with E-state index in [2.05, 4.69) is 51.9 Å². The molecule has 0 spiro atoms. The van der Waals surface area contributed by atoms with Gasteiger partial charge in [-0.1, -0.05) is 17.7 Å². The molecule has 0 atom stereocenters. The van der Waals surface area contributed by atoms with Crippen LogP contribution >= 0.6 is 11.6 Å². The fourth-order valence-electron chi connectivity index (χ4n) is 2.73. The molecule has 4 heteroatoms. The monoisotopic (exact) mass is 289 g/mol. The van der Waals surface area contributed by atoms with Crippen LogP contribution in [0.2, 0.25) is 5.02 Å². The van der Waals surface area contributed by atoms with E-state index in [0.717, 1.165) is 37.7 Å². The van der Waals surface area contributed by atoms with Gasteiger partial charge in [0.25, 0.3) is 0 Å². The first-order valence-corrected chi connectivity index (χ1v) is 7.43. The second kappa shape index (κ2) is 5.90. The molecule has 0 N–H and O–H groups in total. The smallest absolute Gasteiger partial charge is 0.0426 e. The Bertz CT molecular complexity index is 571. The average Bonchev–Trinajstić information content (AvgIpc) is 2.85. The molecule has 1 aromatic carbocycles. The van der Waals surface area contributed by atoms with Gasteiger partial charge in [-0.15, -0.1) is 0 Å². The molecule has 1 aliphatic rings. The molecule has 0 radical (unpaired) electrons. The molecular weight excluding hydrogens is 270 g/mol. The summed E-state index contributed by atoms with van der Waals surface area (Å²) < 4.78 is 2.20. The highest BCUT2D eigenvalue weighted by Crippen LogP contribution is 2.21. The molecule has 1 fully saturated rings. The molecule has 3 rings (SSSR count).